The summed E-state index contributed by atoms with van der Waals surface area (Å²) in [5.41, 5.74) is 10.6. The zero-order valence-corrected chi connectivity index (χ0v) is 15.7. The number of likely N-dealkylation sites (tertiary alicyclic amines) is 1. The van der Waals surface area contributed by atoms with Crippen molar-refractivity contribution in [3.63, 3.8) is 0 Å². The number of halogens is 1. The average molecular weight is 356 g/mol. The summed E-state index contributed by atoms with van der Waals surface area (Å²) in [6, 6.07) is 16.3. The van der Waals surface area contributed by atoms with E-state index < -0.39 is 0 Å². The Kier molecular flexibility index (Phi) is 5.77. The van der Waals surface area contributed by atoms with Gasteiger partial charge in [-0.3, -0.25) is 9.89 Å². The number of para-hydroxylation sites is 1. The zero-order valence-electron chi connectivity index (χ0n) is 15.0. The summed E-state index contributed by atoms with van der Waals surface area (Å²) < 4.78 is 0. The van der Waals surface area contributed by atoms with Crippen molar-refractivity contribution >= 4 is 23.0 Å². The van der Waals surface area contributed by atoms with Gasteiger partial charge in [0, 0.05) is 36.1 Å². The molecular formula is C21H26ClN3. The van der Waals surface area contributed by atoms with Crippen molar-refractivity contribution in [2.45, 2.75) is 32.9 Å². The summed E-state index contributed by atoms with van der Waals surface area (Å²) in [4.78, 5) is 7.49. The van der Waals surface area contributed by atoms with Gasteiger partial charge in [-0.1, -0.05) is 61.8 Å². The third-order valence-corrected chi connectivity index (χ3v) is 5.11. The highest BCUT2D eigenvalue weighted by Crippen LogP contribution is 2.31. The Hall–Kier alpha value is -1.84. The van der Waals surface area contributed by atoms with E-state index in [9.17, 15) is 0 Å². The van der Waals surface area contributed by atoms with E-state index in [1.807, 2.05) is 36.4 Å². The van der Waals surface area contributed by atoms with Crippen molar-refractivity contribution in [1.29, 1.82) is 0 Å². The fourth-order valence-corrected chi connectivity index (χ4v) is 3.56. The van der Waals surface area contributed by atoms with Gasteiger partial charge in [0.05, 0.1) is 6.04 Å². The third kappa shape index (κ3) is 4.42. The molecule has 25 heavy (non-hydrogen) atoms. The van der Waals surface area contributed by atoms with Gasteiger partial charge in [-0.15, -0.1) is 0 Å². The minimum absolute atomic E-state index is 0.122. The number of nitrogen functional groups attached to an aromatic ring is 1. The van der Waals surface area contributed by atoms with Crippen LogP contribution >= 0.6 is 11.6 Å². The molecule has 1 aliphatic rings. The molecule has 2 aromatic carbocycles. The van der Waals surface area contributed by atoms with Crippen LogP contribution in [0.4, 0.5) is 5.69 Å². The van der Waals surface area contributed by atoms with Gasteiger partial charge in [-0.25, -0.2) is 0 Å². The molecule has 1 aliphatic heterocycles. The third-order valence-electron chi connectivity index (χ3n) is 4.74. The quantitative estimate of drug-likeness (QED) is 0.769. The minimum Gasteiger partial charge on any atom is -0.398 e. The highest BCUT2D eigenvalue weighted by atomic mass is 35.5. The lowest BCUT2D eigenvalue weighted by molar-refractivity contribution is 0.340. The first-order chi connectivity index (χ1) is 12.0. The topological polar surface area (TPSA) is 41.6 Å². The lowest BCUT2D eigenvalue weighted by Crippen LogP contribution is -2.20. The van der Waals surface area contributed by atoms with Gasteiger partial charge in [0.15, 0.2) is 0 Å². The van der Waals surface area contributed by atoms with E-state index in [1.165, 1.54) is 11.3 Å². The molecule has 0 bridgehead atoms. The van der Waals surface area contributed by atoms with E-state index in [0.717, 1.165) is 42.3 Å². The number of benzene rings is 2. The van der Waals surface area contributed by atoms with Crippen LogP contribution in [0.2, 0.25) is 5.02 Å². The largest absolute Gasteiger partial charge is 0.398 e. The average Bonchev–Trinajstić information content (AvgIpc) is 3.03. The molecule has 0 spiro atoms. The van der Waals surface area contributed by atoms with Crippen LogP contribution in [0, 0.1) is 5.92 Å². The Bertz CT molecular complexity index is 754. The maximum atomic E-state index is 6.29. The predicted molar refractivity (Wildman–Crippen MR) is 107 cm³/mol. The molecule has 4 heteroatoms. The standard InChI is InChI=1S/C21H26ClN3/c1-15(2)21(18-8-4-6-10-20(18)23)24-17-11-12-25(14-17)13-16-7-3-5-9-19(16)22/h3-10,15,21H,11-14,23H2,1-2H3. The van der Waals surface area contributed by atoms with E-state index >= 15 is 0 Å². The molecular weight excluding hydrogens is 330 g/mol. The number of nitrogens with zero attached hydrogens (tertiary/aromatic N) is 2. The number of hydrogen-bond donors (Lipinski definition) is 1. The fraction of sp³-hybridized carbons (Fsp3) is 0.381. The Labute approximate surface area is 155 Å². The van der Waals surface area contributed by atoms with Crippen LogP contribution in [0.3, 0.4) is 0 Å². The fourth-order valence-electron chi connectivity index (χ4n) is 3.37. The number of nitrogens with two attached hydrogens (primary N) is 1. The van der Waals surface area contributed by atoms with Gasteiger partial charge >= 0.3 is 0 Å². The molecule has 2 N–H and O–H groups in total. The van der Waals surface area contributed by atoms with Gasteiger partial charge in [0.1, 0.15) is 0 Å². The molecule has 0 aromatic heterocycles. The second-order valence-corrected chi connectivity index (χ2v) is 7.47. The van der Waals surface area contributed by atoms with E-state index in [0.29, 0.717) is 5.92 Å². The molecule has 3 rings (SSSR count). The minimum atomic E-state index is 0.122. The molecule has 3 nitrogen and oxygen atoms in total. The summed E-state index contributed by atoms with van der Waals surface area (Å²) >= 11 is 6.29. The van der Waals surface area contributed by atoms with Crippen LogP contribution in [0.5, 0.6) is 0 Å². The van der Waals surface area contributed by atoms with Gasteiger partial charge in [0.2, 0.25) is 0 Å². The van der Waals surface area contributed by atoms with Crippen LogP contribution in [0.25, 0.3) is 0 Å². The Morgan fingerprint density at radius 3 is 2.56 bits per heavy atom. The first-order valence-electron chi connectivity index (χ1n) is 8.90. The molecule has 0 amide bonds. The van der Waals surface area contributed by atoms with Crippen molar-refractivity contribution in [3.05, 3.63) is 64.7 Å². The lowest BCUT2D eigenvalue weighted by atomic mass is 9.95. The SMILES string of the molecule is CC(C)C(N=C1CCN(Cc2ccccc2Cl)C1)c1ccccc1N. The number of hydrogen-bond acceptors (Lipinski definition) is 3. The van der Waals surface area contributed by atoms with Gasteiger partial charge in [-0.2, -0.15) is 0 Å². The van der Waals surface area contributed by atoms with E-state index in [4.69, 9.17) is 22.3 Å². The highest BCUT2D eigenvalue weighted by molar-refractivity contribution is 6.31. The van der Waals surface area contributed by atoms with E-state index in [-0.39, 0.29) is 6.04 Å². The molecule has 0 saturated carbocycles. The predicted octanol–water partition coefficient (Wildman–Crippen LogP) is 4.97. The Morgan fingerprint density at radius 1 is 1.12 bits per heavy atom. The normalized spacial score (nSPS) is 18.2. The maximum Gasteiger partial charge on any atom is 0.0791 e. The van der Waals surface area contributed by atoms with Crippen LogP contribution < -0.4 is 5.73 Å². The Balaban J connectivity index is 1.73. The number of aliphatic imine (C=N–C) groups is 1. The second-order valence-electron chi connectivity index (χ2n) is 7.07. The molecule has 132 valence electrons. The van der Waals surface area contributed by atoms with Gasteiger partial charge in [-0.05, 0) is 35.6 Å². The second kappa shape index (κ2) is 8.03. The Morgan fingerprint density at radius 2 is 1.84 bits per heavy atom. The maximum absolute atomic E-state index is 6.29. The van der Waals surface area contributed by atoms with Gasteiger partial charge in [0.25, 0.3) is 0 Å². The lowest BCUT2D eigenvalue weighted by Gasteiger charge is -2.20. The van der Waals surface area contributed by atoms with Crippen molar-refractivity contribution in [2.75, 3.05) is 18.8 Å². The van der Waals surface area contributed by atoms with Crippen LogP contribution in [-0.2, 0) is 6.54 Å². The number of rotatable bonds is 5. The smallest absolute Gasteiger partial charge is 0.0791 e. The van der Waals surface area contributed by atoms with Crippen LogP contribution in [0.1, 0.15) is 37.4 Å². The summed E-state index contributed by atoms with van der Waals surface area (Å²) in [6.07, 6.45) is 1.01. The van der Waals surface area contributed by atoms with Crippen molar-refractivity contribution < 1.29 is 0 Å². The molecule has 0 aliphatic carbocycles. The molecule has 1 unspecified atom stereocenters. The summed E-state index contributed by atoms with van der Waals surface area (Å²) in [5.74, 6) is 0.412. The van der Waals surface area contributed by atoms with Crippen molar-refractivity contribution in [2.24, 2.45) is 10.9 Å². The van der Waals surface area contributed by atoms with Crippen LogP contribution in [0.15, 0.2) is 53.5 Å². The first kappa shape index (κ1) is 18.0. The zero-order chi connectivity index (χ0) is 17.8. The number of anilines is 1. The van der Waals surface area contributed by atoms with E-state index in [2.05, 4.69) is 30.9 Å². The summed E-state index contributed by atoms with van der Waals surface area (Å²) in [5, 5.41) is 0.838. The summed E-state index contributed by atoms with van der Waals surface area (Å²) in [7, 11) is 0. The van der Waals surface area contributed by atoms with Crippen molar-refractivity contribution in [1.82, 2.24) is 4.90 Å². The molecule has 2 aromatic rings. The molecule has 1 saturated heterocycles. The monoisotopic (exact) mass is 355 g/mol. The molecule has 1 fully saturated rings. The van der Waals surface area contributed by atoms with Crippen LogP contribution in [-0.4, -0.2) is 23.7 Å². The molecule has 1 atom stereocenters. The summed E-state index contributed by atoms with van der Waals surface area (Å²) in [6.45, 7) is 7.22. The first-order valence-corrected chi connectivity index (χ1v) is 9.28. The molecule has 0 radical (unpaired) electrons. The highest BCUT2D eigenvalue weighted by Gasteiger charge is 2.23. The van der Waals surface area contributed by atoms with E-state index in [1.54, 1.807) is 0 Å². The molecule has 1 heterocycles. The van der Waals surface area contributed by atoms with Crippen molar-refractivity contribution in [3.8, 4) is 0 Å². The van der Waals surface area contributed by atoms with Gasteiger partial charge < -0.3 is 5.73 Å².